The number of hydrogen-bond donors (Lipinski definition) is 0. The molecular formula is C16H24N4O3S. The average Bonchev–Trinajstić information content (AvgIpc) is 2.79. The first kappa shape index (κ1) is 17.1. The Kier molecular flexibility index (Phi) is 5.03. The van der Waals surface area contributed by atoms with Crippen molar-refractivity contribution in [1.29, 1.82) is 0 Å². The largest absolute Gasteiger partial charge is 0.354 e. The lowest BCUT2D eigenvalue weighted by Gasteiger charge is -2.24. The lowest BCUT2D eigenvalue weighted by atomic mass is 10.2. The van der Waals surface area contributed by atoms with Gasteiger partial charge in [-0.05, 0) is 19.3 Å². The zero-order chi connectivity index (χ0) is 17.2. The van der Waals surface area contributed by atoms with Gasteiger partial charge in [-0.15, -0.1) is 0 Å². The van der Waals surface area contributed by atoms with E-state index in [9.17, 15) is 13.2 Å². The molecule has 0 bridgehead atoms. The highest BCUT2D eigenvalue weighted by molar-refractivity contribution is 7.91. The molecule has 1 aromatic heterocycles. The predicted octanol–water partition coefficient (Wildman–Crippen LogP) is 1.12. The molecule has 0 aromatic carbocycles. The molecular weight excluding hydrogens is 328 g/mol. The smallest absolute Gasteiger partial charge is 0.274 e. The number of carbonyl (C=O) groups excluding carboxylic acids is 1. The molecule has 8 heteroatoms. The zero-order valence-electron chi connectivity index (χ0n) is 14.0. The van der Waals surface area contributed by atoms with Gasteiger partial charge in [0.25, 0.3) is 5.91 Å². The van der Waals surface area contributed by atoms with Gasteiger partial charge in [-0.1, -0.05) is 12.8 Å². The summed E-state index contributed by atoms with van der Waals surface area (Å²) >= 11 is 0. The maximum atomic E-state index is 12.5. The third kappa shape index (κ3) is 3.85. The molecule has 0 N–H and O–H groups in total. The van der Waals surface area contributed by atoms with E-state index >= 15 is 0 Å². The van der Waals surface area contributed by atoms with E-state index in [0.717, 1.165) is 25.9 Å². The van der Waals surface area contributed by atoms with Crippen LogP contribution in [0.4, 0.5) is 5.82 Å². The van der Waals surface area contributed by atoms with E-state index in [0.29, 0.717) is 17.9 Å². The van der Waals surface area contributed by atoms with E-state index in [1.54, 1.807) is 6.20 Å². The molecule has 3 heterocycles. The summed E-state index contributed by atoms with van der Waals surface area (Å²) in [5, 5.41) is 0. The van der Waals surface area contributed by atoms with Crippen molar-refractivity contribution in [2.45, 2.75) is 38.1 Å². The van der Waals surface area contributed by atoms with E-state index < -0.39 is 9.84 Å². The molecule has 1 amide bonds. The molecule has 0 saturated carbocycles. The molecule has 2 saturated heterocycles. The first-order valence-corrected chi connectivity index (χ1v) is 10.3. The molecule has 2 fully saturated rings. The number of amides is 1. The minimum absolute atomic E-state index is 0.0675. The van der Waals surface area contributed by atoms with Crippen LogP contribution in [0.5, 0.6) is 0 Å². The number of rotatable bonds is 3. The Bertz CT molecular complexity index is 682. The number of aromatic nitrogens is 2. The quantitative estimate of drug-likeness (QED) is 0.810. The highest BCUT2D eigenvalue weighted by atomic mass is 32.2. The van der Waals surface area contributed by atoms with Crippen molar-refractivity contribution < 1.29 is 13.2 Å². The number of sulfone groups is 1. The minimum Gasteiger partial charge on any atom is -0.354 e. The van der Waals surface area contributed by atoms with Crippen LogP contribution in [0.25, 0.3) is 0 Å². The van der Waals surface area contributed by atoms with Gasteiger partial charge in [-0.25, -0.2) is 18.4 Å². The molecule has 0 aliphatic carbocycles. The lowest BCUT2D eigenvalue weighted by molar-refractivity contribution is 0.0755. The molecule has 1 atom stereocenters. The monoisotopic (exact) mass is 352 g/mol. The Labute approximate surface area is 143 Å². The molecule has 2 aliphatic rings. The van der Waals surface area contributed by atoms with E-state index in [1.165, 1.54) is 19.0 Å². The molecule has 0 spiro atoms. The van der Waals surface area contributed by atoms with Crippen LogP contribution < -0.4 is 4.90 Å². The molecule has 3 rings (SSSR count). The van der Waals surface area contributed by atoms with Gasteiger partial charge >= 0.3 is 0 Å². The van der Waals surface area contributed by atoms with Crippen LogP contribution >= 0.6 is 0 Å². The number of likely N-dealkylation sites (tertiary alicyclic amines) is 1. The molecule has 0 radical (unpaired) electrons. The predicted molar refractivity (Wildman–Crippen MR) is 91.9 cm³/mol. The summed E-state index contributed by atoms with van der Waals surface area (Å²) in [6.45, 7) is 1.56. The van der Waals surface area contributed by atoms with Crippen LogP contribution in [-0.2, 0) is 9.84 Å². The fourth-order valence-corrected chi connectivity index (χ4v) is 5.09. The van der Waals surface area contributed by atoms with E-state index in [4.69, 9.17) is 0 Å². The lowest BCUT2D eigenvalue weighted by Crippen LogP contribution is -2.34. The van der Waals surface area contributed by atoms with Crippen LogP contribution in [0.1, 0.15) is 42.6 Å². The van der Waals surface area contributed by atoms with Crippen molar-refractivity contribution in [3.63, 3.8) is 0 Å². The van der Waals surface area contributed by atoms with Gasteiger partial charge in [0.2, 0.25) is 0 Å². The van der Waals surface area contributed by atoms with Crippen molar-refractivity contribution in [2.24, 2.45) is 0 Å². The van der Waals surface area contributed by atoms with E-state index in [-0.39, 0.29) is 23.5 Å². The summed E-state index contributed by atoms with van der Waals surface area (Å²) in [6.07, 6.45) is 8.09. The third-order valence-electron chi connectivity index (χ3n) is 4.87. The van der Waals surface area contributed by atoms with Crippen molar-refractivity contribution in [1.82, 2.24) is 14.9 Å². The first-order valence-electron chi connectivity index (χ1n) is 8.51. The fraction of sp³-hybridized carbons (Fsp3) is 0.688. The molecule has 1 unspecified atom stereocenters. The van der Waals surface area contributed by atoms with Gasteiger partial charge < -0.3 is 9.80 Å². The van der Waals surface area contributed by atoms with E-state index in [1.807, 2.05) is 16.8 Å². The summed E-state index contributed by atoms with van der Waals surface area (Å²) in [6, 6.07) is -0.0727. The molecule has 1 aromatic rings. The second-order valence-electron chi connectivity index (χ2n) is 6.63. The standard InChI is InChI=1S/C16H24N4O3S/c1-19(13-6-9-24(22,23)12-13)15-11-17-14(10-18-15)16(21)20-7-4-2-3-5-8-20/h10-11,13H,2-9,12H2,1H3. The Morgan fingerprint density at radius 2 is 1.88 bits per heavy atom. The van der Waals surface area contributed by atoms with Crippen LogP contribution in [-0.4, -0.2) is 66.9 Å². The van der Waals surface area contributed by atoms with Gasteiger partial charge in [-0.3, -0.25) is 4.79 Å². The van der Waals surface area contributed by atoms with Gasteiger partial charge in [-0.2, -0.15) is 0 Å². The topological polar surface area (TPSA) is 83.5 Å². The van der Waals surface area contributed by atoms with E-state index in [2.05, 4.69) is 9.97 Å². The Morgan fingerprint density at radius 3 is 2.42 bits per heavy atom. The maximum Gasteiger partial charge on any atom is 0.274 e. The Balaban J connectivity index is 1.67. The Hall–Kier alpha value is -1.70. The second kappa shape index (κ2) is 7.04. The minimum atomic E-state index is -2.94. The third-order valence-corrected chi connectivity index (χ3v) is 6.62. The van der Waals surface area contributed by atoms with Crippen LogP contribution in [0.2, 0.25) is 0 Å². The molecule has 7 nitrogen and oxygen atoms in total. The van der Waals surface area contributed by atoms with Gasteiger partial charge in [0.05, 0.1) is 23.9 Å². The number of hydrogen-bond acceptors (Lipinski definition) is 6. The van der Waals surface area contributed by atoms with Gasteiger partial charge in [0.1, 0.15) is 11.5 Å². The van der Waals surface area contributed by atoms with Crippen LogP contribution in [0, 0.1) is 0 Å². The van der Waals surface area contributed by atoms with Crippen LogP contribution in [0.15, 0.2) is 12.4 Å². The molecule has 2 aliphatic heterocycles. The molecule has 132 valence electrons. The average molecular weight is 352 g/mol. The SMILES string of the molecule is CN(c1cnc(C(=O)N2CCCCCC2)cn1)C1CCS(=O)(=O)C1. The maximum absolute atomic E-state index is 12.5. The highest BCUT2D eigenvalue weighted by Gasteiger charge is 2.31. The highest BCUT2D eigenvalue weighted by Crippen LogP contribution is 2.21. The number of carbonyl (C=O) groups is 1. The number of anilines is 1. The Morgan fingerprint density at radius 1 is 1.17 bits per heavy atom. The normalized spacial score (nSPS) is 23.7. The summed E-state index contributed by atoms with van der Waals surface area (Å²) in [5.41, 5.74) is 0.355. The van der Waals surface area contributed by atoms with Gasteiger partial charge in [0, 0.05) is 26.2 Å². The second-order valence-corrected chi connectivity index (χ2v) is 8.86. The van der Waals surface area contributed by atoms with Gasteiger partial charge in [0.15, 0.2) is 9.84 Å². The van der Waals surface area contributed by atoms with Crippen molar-refractivity contribution in [3.8, 4) is 0 Å². The van der Waals surface area contributed by atoms with Crippen molar-refractivity contribution in [2.75, 3.05) is 36.5 Å². The summed E-state index contributed by atoms with van der Waals surface area (Å²) in [5.74, 6) is 0.909. The van der Waals surface area contributed by atoms with Crippen molar-refractivity contribution in [3.05, 3.63) is 18.1 Å². The summed E-state index contributed by atoms with van der Waals surface area (Å²) < 4.78 is 23.2. The zero-order valence-corrected chi connectivity index (χ0v) is 14.8. The first-order chi connectivity index (χ1) is 11.5. The summed E-state index contributed by atoms with van der Waals surface area (Å²) in [7, 11) is -1.11. The number of nitrogens with zero attached hydrogens (tertiary/aromatic N) is 4. The molecule has 24 heavy (non-hydrogen) atoms. The fourth-order valence-electron chi connectivity index (χ4n) is 3.32. The van der Waals surface area contributed by atoms with Crippen molar-refractivity contribution >= 4 is 21.6 Å². The van der Waals surface area contributed by atoms with Crippen LogP contribution in [0.3, 0.4) is 0 Å². The summed E-state index contributed by atoms with van der Waals surface area (Å²) in [4.78, 5) is 24.8.